The molecule has 2 aliphatic heterocycles. The Morgan fingerprint density at radius 2 is 1.84 bits per heavy atom. The predicted molar refractivity (Wildman–Crippen MR) is 66.4 cm³/mol. The number of amides is 2. The SMILES string of the molecule is O=C(O)C(=O)N1CCN(C2CCCCNC2=O)CC1. The van der Waals surface area contributed by atoms with Gasteiger partial charge in [0.15, 0.2) is 0 Å². The number of hydrogen-bond donors (Lipinski definition) is 2. The molecule has 2 heterocycles. The van der Waals surface area contributed by atoms with Crippen LogP contribution in [0.1, 0.15) is 19.3 Å². The van der Waals surface area contributed by atoms with E-state index in [9.17, 15) is 14.4 Å². The number of piperazine rings is 1. The highest BCUT2D eigenvalue weighted by molar-refractivity contribution is 6.31. The van der Waals surface area contributed by atoms with Gasteiger partial charge in [0.05, 0.1) is 6.04 Å². The Labute approximate surface area is 111 Å². The monoisotopic (exact) mass is 269 g/mol. The van der Waals surface area contributed by atoms with Crippen molar-refractivity contribution in [2.75, 3.05) is 32.7 Å². The van der Waals surface area contributed by atoms with Crippen molar-refractivity contribution in [3.05, 3.63) is 0 Å². The fourth-order valence-corrected chi connectivity index (χ4v) is 2.64. The van der Waals surface area contributed by atoms with Gasteiger partial charge >= 0.3 is 11.9 Å². The Bertz CT molecular complexity index is 377. The Hall–Kier alpha value is -1.63. The number of rotatable bonds is 1. The average Bonchev–Trinajstić information content (AvgIpc) is 2.63. The Kier molecular flexibility index (Phi) is 4.36. The maximum atomic E-state index is 11.9. The summed E-state index contributed by atoms with van der Waals surface area (Å²) < 4.78 is 0. The number of carbonyl (C=O) groups is 3. The molecule has 0 bridgehead atoms. The molecule has 2 aliphatic rings. The second kappa shape index (κ2) is 6.01. The van der Waals surface area contributed by atoms with Crippen molar-refractivity contribution in [1.29, 1.82) is 0 Å². The lowest BCUT2D eigenvalue weighted by atomic mass is 10.1. The van der Waals surface area contributed by atoms with E-state index < -0.39 is 11.9 Å². The maximum Gasteiger partial charge on any atom is 0.394 e. The third-order valence-electron chi connectivity index (χ3n) is 3.73. The van der Waals surface area contributed by atoms with E-state index >= 15 is 0 Å². The first-order valence-corrected chi connectivity index (χ1v) is 6.63. The number of nitrogens with one attached hydrogen (secondary N) is 1. The van der Waals surface area contributed by atoms with Crippen molar-refractivity contribution in [3.8, 4) is 0 Å². The van der Waals surface area contributed by atoms with E-state index in [1.807, 2.05) is 4.90 Å². The second-order valence-corrected chi connectivity index (χ2v) is 4.94. The highest BCUT2D eigenvalue weighted by Gasteiger charge is 2.32. The average molecular weight is 269 g/mol. The molecule has 0 radical (unpaired) electrons. The van der Waals surface area contributed by atoms with Crippen LogP contribution in [0.5, 0.6) is 0 Å². The first-order chi connectivity index (χ1) is 9.09. The minimum absolute atomic E-state index is 0.0514. The lowest BCUT2D eigenvalue weighted by molar-refractivity contribution is -0.157. The summed E-state index contributed by atoms with van der Waals surface area (Å²) >= 11 is 0. The Morgan fingerprint density at radius 3 is 2.47 bits per heavy atom. The van der Waals surface area contributed by atoms with Gasteiger partial charge in [-0.05, 0) is 19.3 Å². The fraction of sp³-hybridized carbons (Fsp3) is 0.750. The summed E-state index contributed by atoms with van der Waals surface area (Å²) in [5, 5.41) is 11.5. The van der Waals surface area contributed by atoms with Gasteiger partial charge in [-0.25, -0.2) is 4.79 Å². The standard InChI is InChI=1S/C12H19N3O4/c16-10-9(3-1-2-4-13-10)14-5-7-15(8-6-14)11(17)12(18)19/h9H,1-8H2,(H,13,16)(H,18,19). The summed E-state index contributed by atoms with van der Waals surface area (Å²) in [5.74, 6) is -2.22. The van der Waals surface area contributed by atoms with Crippen LogP contribution < -0.4 is 5.32 Å². The van der Waals surface area contributed by atoms with Gasteiger partial charge in [-0.2, -0.15) is 0 Å². The molecular weight excluding hydrogens is 250 g/mol. The van der Waals surface area contributed by atoms with Crippen molar-refractivity contribution in [2.24, 2.45) is 0 Å². The second-order valence-electron chi connectivity index (χ2n) is 4.94. The van der Waals surface area contributed by atoms with Gasteiger partial charge in [0.25, 0.3) is 0 Å². The molecule has 2 rings (SSSR count). The lowest BCUT2D eigenvalue weighted by Crippen LogP contribution is -2.56. The van der Waals surface area contributed by atoms with E-state index in [2.05, 4.69) is 5.32 Å². The molecule has 0 aromatic carbocycles. The van der Waals surface area contributed by atoms with Crippen molar-refractivity contribution < 1.29 is 19.5 Å². The Morgan fingerprint density at radius 1 is 1.16 bits per heavy atom. The third-order valence-corrected chi connectivity index (χ3v) is 3.73. The molecule has 0 saturated carbocycles. The molecule has 106 valence electrons. The minimum atomic E-state index is -1.42. The van der Waals surface area contributed by atoms with Gasteiger partial charge in [0.1, 0.15) is 0 Å². The zero-order valence-corrected chi connectivity index (χ0v) is 10.8. The fourth-order valence-electron chi connectivity index (χ4n) is 2.64. The lowest BCUT2D eigenvalue weighted by Gasteiger charge is -2.37. The van der Waals surface area contributed by atoms with Gasteiger partial charge < -0.3 is 15.3 Å². The molecular formula is C12H19N3O4. The summed E-state index contributed by atoms with van der Waals surface area (Å²) in [6.07, 6.45) is 2.84. The van der Waals surface area contributed by atoms with Crippen LogP contribution in [0.3, 0.4) is 0 Å². The van der Waals surface area contributed by atoms with Crippen LogP contribution in [0.15, 0.2) is 0 Å². The highest BCUT2D eigenvalue weighted by Crippen LogP contribution is 2.15. The van der Waals surface area contributed by atoms with Gasteiger partial charge in [-0.3, -0.25) is 14.5 Å². The van der Waals surface area contributed by atoms with Crippen LogP contribution in [0.25, 0.3) is 0 Å². The summed E-state index contributed by atoms with van der Waals surface area (Å²) in [4.78, 5) is 37.2. The van der Waals surface area contributed by atoms with Crippen molar-refractivity contribution >= 4 is 17.8 Å². The number of nitrogens with zero attached hydrogens (tertiary/aromatic N) is 2. The molecule has 0 aromatic rings. The molecule has 19 heavy (non-hydrogen) atoms. The molecule has 0 aliphatic carbocycles. The van der Waals surface area contributed by atoms with E-state index in [4.69, 9.17) is 5.11 Å². The molecule has 2 saturated heterocycles. The number of carbonyl (C=O) groups excluding carboxylic acids is 2. The van der Waals surface area contributed by atoms with Gasteiger partial charge in [-0.1, -0.05) is 0 Å². The molecule has 1 unspecified atom stereocenters. The quantitative estimate of drug-likeness (QED) is 0.589. The third kappa shape index (κ3) is 3.23. The van der Waals surface area contributed by atoms with Crippen LogP contribution in [-0.2, 0) is 14.4 Å². The minimum Gasteiger partial charge on any atom is -0.474 e. The number of carboxylic acid groups (broad SMARTS) is 1. The molecule has 2 amide bonds. The van der Waals surface area contributed by atoms with E-state index in [0.717, 1.165) is 25.8 Å². The van der Waals surface area contributed by atoms with E-state index in [1.54, 1.807) is 0 Å². The van der Waals surface area contributed by atoms with E-state index in [1.165, 1.54) is 4.90 Å². The van der Waals surface area contributed by atoms with Crippen LogP contribution in [-0.4, -0.2) is 71.5 Å². The summed E-state index contributed by atoms with van der Waals surface area (Å²) in [7, 11) is 0. The Balaban J connectivity index is 1.90. The first kappa shape index (κ1) is 13.8. The summed E-state index contributed by atoms with van der Waals surface area (Å²) in [6, 6.07) is -0.135. The molecule has 7 nitrogen and oxygen atoms in total. The van der Waals surface area contributed by atoms with Gasteiger partial charge in [0.2, 0.25) is 5.91 Å². The molecule has 0 spiro atoms. The van der Waals surface area contributed by atoms with Crippen molar-refractivity contribution in [2.45, 2.75) is 25.3 Å². The molecule has 1 atom stereocenters. The normalized spacial score (nSPS) is 25.6. The first-order valence-electron chi connectivity index (χ1n) is 6.63. The number of hydrogen-bond acceptors (Lipinski definition) is 4. The molecule has 2 fully saturated rings. The van der Waals surface area contributed by atoms with Crippen LogP contribution in [0.2, 0.25) is 0 Å². The zero-order chi connectivity index (χ0) is 13.8. The smallest absolute Gasteiger partial charge is 0.394 e. The maximum absolute atomic E-state index is 11.9. The highest BCUT2D eigenvalue weighted by atomic mass is 16.4. The topological polar surface area (TPSA) is 89.9 Å². The van der Waals surface area contributed by atoms with Crippen LogP contribution in [0.4, 0.5) is 0 Å². The van der Waals surface area contributed by atoms with Crippen molar-refractivity contribution in [3.63, 3.8) is 0 Å². The molecule has 7 heteroatoms. The van der Waals surface area contributed by atoms with E-state index in [0.29, 0.717) is 26.2 Å². The predicted octanol–water partition coefficient (Wildman–Crippen LogP) is -1.12. The summed E-state index contributed by atoms with van der Waals surface area (Å²) in [6.45, 7) is 2.57. The largest absolute Gasteiger partial charge is 0.474 e. The van der Waals surface area contributed by atoms with Gasteiger partial charge in [-0.15, -0.1) is 0 Å². The molecule has 2 N–H and O–H groups in total. The van der Waals surface area contributed by atoms with Crippen LogP contribution >= 0.6 is 0 Å². The molecule has 0 aromatic heterocycles. The number of carboxylic acids is 1. The van der Waals surface area contributed by atoms with Gasteiger partial charge in [0, 0.05) is 32.7 Å². The van der Waals surface area contributed by atoms with Crippen molar-refractivity contribution in [1.82, 2.24) is 15.1 Å². The zero-order valence-electron chi connectivity index (χ0n) is 10.8. The number of aliphatic carboxylic acids is 1. The summed E-state index contributed by atoms with van der Waals surface area (Å²) in [5.41, 5.74) is 0. The van der Waals surface area contributed by atoms with Crippen LogP contribution in [0, 0.1) is 0 Å². The van der Waals surface area contributed by atoms with E-state index in [-0.39, 0.29) is 11.9 Å².